The van der Waals surface area contributed by atoms with Crippen LogP contribution in [0.5, 0.6) is 0 Å². The molecule has 134 valence electrons. The minimum absolute atomic E-state index is 0.110. The van der Waals surface area contributed by atoms with E-state index in [1.807, 2.05) is 37.3 Å². The second-order valence-electron chi connectivity index (χ2n) is 6.33. The van der Waals surface area contributed by atoms with Gasteiger partial charge >= 0.3 is 0 Å². The van der Waals surface area contributed by atoms with Gasteiger partial charge in [0.15, 0.2) is 0 Å². The van der Waals surface area contributed by atoms with Crippen molar-refractivity contribution >= 4 is 22.5 Å². The maximum atomic E-state index is 12.3. The van der Waals surface area contributed by atoms with Crippen molar-refractivity contribution < 1.29 is 4.79 Å². The number of aromatic nitrogens is 4. The van der Waals surface area contributed by atoms with Gasteiger partial charge in [-0.05, 0) is 25.1 Å². The minimum Gasteiger partial charge on any atom is -0.324 e. The number of H-pyrrole nitrogens is 1. The molecule has 27 heavy (non-hydrogen) atoms. The van der Waals surface area contributed by atoms with E-state index in [9.17, 15) is 9.59 Å². The number of anilines is 1. The number of hydrogen-bond acceptors (Lipinski definition) is 4. The van der Waals surface area contributed by atoms with E-state index < -0.39 is 0 Å². The lowest BCUT2D eigenvalue weighted by atomic mass is 10.1. The van der Waals surface area contributed by atoms with Gasteiger partial charge in [-0.2, -0.15) is 5.10 Å². The average molecular weight is 359 g/mol. The normalized spacial score (nSPS) is 10.9. The highest BCUT2D eigenvalue weighted by atomic mass is 16.2. The van der Waals surface area contributed by atoms with Gasteiger partial charge in [0.25, 0.3) is 5.56 Å². The van der Waals surface area contributed by atoms with Crippen molar-refractivity contribution in [2.24, 2.45) is 0 Å². The van der Waals surface area contributed by atoms with E-state index in [0.717, 1.165) is 22.0 Å². The lowest BCUT2D eigenvalue weighted by molar-refractivity contribution is -0.116. The first kappa shape index (κ1) is 16.7. The molecule has 7 heteroatoms. The van der Waals surface area contributed by atoms with Crippen molar-refractivity contribution in [2.75, 3.05) is 5.32 Å². The predicted octanol–water partition coefficient (Wildman–Crippen LogP) is 2.73. The highest BCUT2D eigenvalue weighted by Crippen LogP contribution is 2.17. The molecule has 2 N–H and O–H groups in total. The van der Waals surface area contributed by atoms with Crippen molar-refractivity contribution in [1.82, 2.24) is 19.7 Å². The molecule has 0 aliphatic heterocycles. The average Bonchev–Trinajstić information content (AvgIpc) is 3.12. The maximum Gasteiger partial charge on any atom is 0.254 e. The predicted molar refractivity (Wildman–Crippen MR) is 103 cm³/mol. The van der Waals surface area contributed by atoms with Gasteiger partial charge in [0.2, 0.25) is 5.91 Å². The second-order valence-corrected chi connectivity index (χ2v) is 6.33. The third kappa shape index (κ3) is 3.62. The van der Waals surface area contributed by atoms with Crippen LogP contribution in [0.3, 0.4) is 0 Å². The van der Waals surface area contributed by atoms with Gasteiger partial charge in [-0.15, -0.1) is 0 Å². The lowest BCUT2D eigenvalue weighted by Gasteiger charge is -2.08. The van der Waals surface area contributed by atoms with Crippen LogP contribution in [0.4, 0.5) is 5.69 Å². The number of amides is 1. The van der Waals surface area contributed by atoms with Gasteiger partial charge in [-0.25, -0.2) is 4.98 Å². The minimum atomic E-state index is -0.305. The van der Waals surface area contributed by atoms with Crippen LogP contribution < -0.4 is 10.9 Å². The molecule has 2 heterocycles. The lowest BCUT2D eigenvalue weighted by Crippen LogP contribution is -2.27. The largest absolute Gasteiger partial charge is 0.324 e. The first-order chi connectivity index (χ1) is 13.1. The van der Waals surface area contributed by atoms with Gasteiger partial charge in [0, 0.05) is 22.7 Å². The number of nitrogens with one attached hydrogen (secondary N) is 2. The van der Waals surface area contributed by atoms with E-state index in [2.05, 4.69) is 20.5 Å². The van der Waals surface area contributed by atoms with Gasteiger partial charge < -0.3 is 5.32 Å². The Balaban J connectivity index is 1.49. The summed E-state index contributed by atoms with van der Waals surface area (Å²) in [6, 6.07) is 14.6. The molecule has 2 aromatic carbocycles. The van der Waals surface area contributed by atoms with E-state index in [0.29, 0.717) is 11.4 Å². The molecule has 4 rings (SSSR count). The zero-order chi connectivity index (χ0) is 18.8. The number of rotatable bonds is 4. The molecule has 0 fully saturated rings. The Morgan fingerprint density at radius 3 is 2.74 bits per heavy atom. The second kappa shape index (κ2) is 6.87. The quantitative estimate of drug-likeness (QED) is 0.586. The van der Waals surface area contributed by atoms with Crippen LogP contribution in [-0.4, -0.2) is 25.7 Å². The fourth-order valence-corrected chi connectivity index (χ4v) is 2.80. The highest BCUT2D eigenvalue weighted by Gasteiger charge is 2.08. The van der Waals surface area contributed by atoms with E-state index in [4.69, 9.17) is 0 Å². The summed E-state index contributed by atoms with van der Waals surface area (Å²) in [6.07, 6.45) is 3.11. The third-order valence-electron chi connectivity index (χ3n) is 4.27. The van der Waals surface area contributed by atoms with Crippen LogP contribution in [-0.2, 0) is 11.3 Å². The summed E-state index contributed by atoms with van der Waals surface area (Å²) in [6.45, 7) is 1.89. The van der Waals surface area contributed by atoms with Crippen molar-refractivity contribution in [2.45, 2.75) is 13.5 Å². The molecule has 0 unspecified atom stereocenters. The Bertz CT molecular complexity index is 1170. The molecule has 0 aliphatic rings. The fourth-order valence-electron chi connectivity index (χ4n) is 2.80. The van der Waals surface area contributed by atoms with Crippen LogP contribution in [0.15, 0.2) is 65.8 Å². The summed E-state index contributed by atoms with van der Waals surface area (Å²) in [4.78, 5) is 28.9. The number of carbonyl (C=O) groups excluding carboxylic acids is 1. The number of fused-ring (bicyclic) bond motifs is 1. The van der Waals surface area contributed by atoms with E-state index in [-0.39, 0.29) is 18.0 Å². The van der Waals surface area contributed by atoms with E-state index >= 15 is 0 Å². The van der Waals surface area contributed by atoms with Crippen molar-refractivity contribution in [3.63, 3.8) is 0 Å². The highest BCUT2D eigenvalue weighted by molar-refractivity contribution is 5.93. The summed E-state index contributed by atoms with van der Waals surface area (Å²) < 4.78 is 1.28. The summed E-state index contributed by atoms with van der Waals surface area (Å²) >= 11 is 0. The Morgan fingerprint density at radius 1 is 1.15 bits per heavy atom. The molecule has 1 amide bonds. The smallest absolute Gasteiger partial charge is 0.254 e. The van der Waals surface area contributed by atoms with E-state index in [1.165, 1.54) is 17.0 Å². The fraction of sp³-hybridized carbons (Fsp3) is 0.100. The molecule has 4 aromatic rings. The van der Waals surface area contributed by atoms with Crippen LogP contribution in [0.2, 0.25) is 0 Å². The molecule has 7 nitrogen and oxygen atoms in total. The summed E-state index contributed by atoms with van der Waals surface area (Å²) in [7, 11) is 0. The molecule has 2 aromatic heterocycles. The molecule has 0 atom stereocenters. The summed E-state index contributed by atoms with van der Waals surface area (Å²) in [5.41, 5.74) is 3.77. The number of benzene rings is 2. The summed E-state index contributed by atoms with van der Waals surface area (Å²) in [5.74, 6) is -0.305. The molecule has 0 aliphatic carbocycles. The molecule has 0 bridgehead atoms. The first-order valence-corrected chi connectivity index (χ1v) is 8.45. The van der Waals surface area contributed by atoms with Gasteiger partial charge in [0.1, 0.15) is 6.54 Å². The molecule has 0 spiro atoms. The SMILES string of the molecule is Cc1ccc(-c2cc(=O)n(CC(=O)Nc3ccc4cn[nH]c4c3)cn2)cc1. The number of aromatic amines is 1. The molecule has 0 saturated carbocycles. The number of hydrogen-bond donors (Lipinski definition) is 2. The Labute approximate surface area is 154 Å². The van der Waals surface area contributed by atoms with Crippen LogP contribution in [0.25, 0.3) is 22.2 Å². The number of nitrogens with zero attached hydrogens (tertiary/aromatic N) is 3. The van der Waals surface area contributed by atoms with Crippen LogP contribution >= 0.6 is 0 Å². The number of aryl methyl sites for hydroxylation is 1. The van der Waals surface area contributed by atoms with Gasteiger partial charge in [-0.3, -0.25) is 19.3 Å². The van der Waals surface area contributed by atoms with E-state index in [1.54, 1.807) is 18.3 Å². The molecule has 0 saturated heterocycles. The molecule has 0 radical (unpaired) electrons. The van der Waals surface area contributed by atoms with Crippen molar-refractivity contribution in [1.29, 1.82) is 0 Å². The monoisotopic (exact) mass is 359 g/mol. The zero-order valence-corrected chi connectivity index (χ0v) is 14.6. The Kier molecular flexibility index (Phi) is 4.25. The van der Waals surface area contributed by atoms with Crippen LogP contribution in [0.1, 0.15) is 5.56 Å². The maximum absolute atomic E-state index is 12.3. The topological polar surface area (TPSA) is 92.7 Å². The molecular formula is C20H17N5O2. The van der Waals surface area contributed by atoms with Gasteiger partial charge in [0.05, 0.1) is 23.7 Å². The molecular weight excluding hydrogens is 342 g/mol. The number of carbonyl (C=O) groups is 1. The summed E-state index contributed by atoms with van der Waals surface area (Å²) in [5, 5.41) is 10.5. The van der Waals surface area contributed by atoms with Gasteiger partial charge in [-0.1, -0.05) is 29.8 Å². The van der Waals surface area contributed by atoms with Crippen molar-refractivity contribution in [3.8, 4) is 11.3 Å². The first-order valence-electron chi connectivity index (χ1n) is 8.45. The zero-order valence-electron chi connectivity index (χ0n) is 14.6. The standard InChI is InChI=1S/C20H17N5O2/c1-13-2-4-14(5-3-13)17-9-20(27)25(12-21-17)11-19(26)23-16-7-6-15-10-22-24-18(15)8-16/h2-10,12H,11H2,1H3,(H,22,24)(H,23,26). The van der Waals surface area contributed by atoms with Crippen LogP contribution in [0, 0.1) is 6.92 Å². The third-order valence-corrected chi connectivity index (χ3v) is 4.27. The Morgan fingerprint density at radius 2 is 1.96 bits per heavy atom. The Hall–Kier alpha value is -3.74. The van der Waals surface area contributed by atoms with Crippen molar-refractivity contribution in [3.05, 3.63) is 77.0 Å².